The van der Waals surface area contributed by atoms with Crippen LogP contribution in [-0.4, -0.2) is 36.8 Å². The summed E-state index contributed by atoms with van der Waals surface area (Å²) in [5, 5.41) is 12.1. The monoisotopic (exact) mass is 326 g/mol. The second-order valence-electron chi connectivity index (χ2n) is 4.96. The van der Waals surface area contributed by atoms with Gasteiger partial charge in [0.1, 0.15) is 0 Å². The van der Waals surface area contributed by atoms with Crippen LogP contribution in [0.25, 0.3) is 0 Å². The summed E-state index contributed by atoms with van der Waals surface area (Å²) in [6.07, 6.45) is 0.905. The van der Waals surface area contributed by atoms with Crippen molar-refractivity contribution in [2.45, 2.75) is 25.8 Å². The lowest BCUT2D eigenvalue weighted by Gasteiger charge is -2.35. The van der Waals surface area contributed by atoms with Crippen LogP contribution in [0.3, 0.4) is 0 Å². The average Bonchev–Trinajstić information content (AvgIpc) is 2.40. The number of halogens is 1. The lowest BCUT2D eigenvalue weighted by molar-refractivity contribution is -0.137. The van der Waals surface area contributed by atoms with Crippen LogP contribution >= 0.6 is 15.9 Å². The number of carboxylic acids is 1. The molecule has 1 aliphatic rings. The Hall–Kier alpha value is -1.07. The van der Waals surface area contributed by atoms with Crippen LogP contribution in [0.15, 0.2) is 22.7 Å². The molecule has 1 heterocycles. The summed E-state index contributed by atoms with van der Waals surface area (Å²) in [7, 11) is 0. The van der Waals surface area contributed by atoms with Gasteiger partial charge in [-0.25, -0.2) is 0 Å². The lowest BCUT2D eigenvalue weighted by Crippen LogP contribution is -2.50. The van der Waals surface area contributed by atoms with Gasteiger partial charge < -0.3 is 15.3 Å². The van der Waals surface area contributed by atoms with Crippen LogP contribution < -0.4 is 10.2 Å². The van der Waals surface area contributed by atoms with Crippen LogP contribution in [0.5, 0.6) is 0 Å². The van der Waals surface area contributed by atoms with Gasteiger partial charge in [-0.1, -0.05) is 22.0 Å². The number of piperazine rings is 1. The fourth-order valence-electron chi connectivity index (χ4n) is 2.33. The van der Waals surface area contributed by atoms with E-state index in [4.69, 9.17) is 5.11 Å². The van der Waals surface area contributed by atoms with Gasteiger partial charge in [-0.15, -0.1) is 0 Å². The fourth-order valence-corrected chi connectivity index (χ4v) is 2.70. The number of anilines is 1. The zero-order valence-corrected chi connectivity index (χ0v) is 12.6. The fraction of sp³-hybridized carbons (Fsp3) is 0.500. The van der Waals surface area contributed by atoms with Crippen molar-refractivity contribution in [1.29, 1.82) is 0 Å². The molecule has 4 nitrogen and oxygen atoms in total. The molecule has 0 amide bonds. The van der Waals surface area contributed by atoms with Gasteiger partial charge in [0.15, 0.2) is 0 Å². The lowest BCUT2D eigenvalue weighted by atomic mass is 10.1. The Bertz CT molecular complexity index is 465. The van der Waals surface area contributed by atoms with E-state index in [0.717, 1.165) is 24.1 Å². The Balaban J connectivity index is 2.00. The van der Waals surface area contributed by atoms with Gasteiger partial charge >= 0.3 is 5.97 Å². The van der Waals surface area contributed by atoms with E-state index < -0.39 is 5.97 Å². The molecule has 1 aromatic carbocycles. The van der Waals surface area contributed by atoms with Crippen molar-refractivity contribution in [3.05, 3.63) is 28.2 Å². The number of carboxylic acid groups (broad SMARTS) is 1. The van der Waals surface area contributed by atoms with Crippen LogP contribution in [0, 0.1) is 6.92 Å². The number of aliphatic carboxylic acids is 1. The van der Waals surface area contributed by atoms with Crippen molar-refractivity contribution < 1.29 is 9.90 Å². The van der Waals surface area contributed by atoms with Crippen molar-refractivity contribution in [1.82, 2.24) is 5.32 Å². The van der Waals surface area contributed by atoms with Gasteiger partial charge in [-0.2, -0.15) is 0 Å². The predicted octanol–water partition coefficient (Wildman–Crippen LogP) is 2.40. The minimum Gasteiger partial charge on any atom is -0.481 e. The van der Waals surface area contributed by atoms with Crippen molar-refractivity contribution in [3.8, 4) is 0 Å². The highest BCUT2D eigenvalue weighted by Crippen LogP contribution is 2.24. The Morgan fingerprint density at radius 3 is 3.05 bits per heavy atom. The smallest absolute Gasteiger partial charge is 0.303 e. The summed E-state index contributed by atoms with van der Waals surface area (Å²) in [6.45, 7) is 4.79. The molecule has 19 heavy (non-hydrogen) atoms. The highest BCUT2D eigenvalue weighted by atomic mass is 79.9. The van der Waals surface area contributed by atoms with Gasteiger partial charge in [0.25, 0.3) is 0 Å². The van der Waals surface area contributed by atoms with Crippen molar-refractivity contribution in [2.24, 2.45) is 0 Å². The molecule has 104 valence electrons. The predicted molar refractivity (Wildman–Crippen MR) is 79.8 cm³/mol. The number of benzene rings is 1. The van der Waals surface area contributed by atoms with E-state index in [0.29, 0.717) is 6.42 Å². The van der Waals surface area contributed by atoms with Gasteiger partial charge in [0, 0.05) is 42.3 Å². The first-order valence-corrected chi connectivity index (χ1v) is 7.32. The molecule has 0 bridgehead atoms. The Morgan fingerprint density at radius 2 is 2.37 bits per heavy atom. The maximum Gasteiger partial charge on any atom is 0.303 e. The SMILES string of the molecule is Cc1ccc(N2CCNC(CCC(=O)O)C2)cc1Br. The first kappa shape index (κ1) is 14.3. The summed E-state index contributed by atoms with van der Waals surface area (Å²) >= 11 is 3.56. The van der Waals surface area contributed by atoms with E-state index >= 15 is 0 Å². The standard InChI is InChI=1S/C14H19BrN2O2/c1-10-2-4-12(8-13(10)15)17-7-6-16-11(9-17)3-5-14(18)19/h2,4,8,11,16H,3,5-7,9H2,1H3,(H,18,19). The molecule has 1 aliphatic heterocycles. The third-order valence-corrected chi connectivity index (χ3v) is 4.34. The maximum absolute atomic E-state index is 10.6. The number of aryl methyl sites for hydroxylation is 1. The Morgan fingerprint density at radius 1 is 1.58 bits per heavy atom. The van der Waals surface area contributed by atoms with E-state index in [1.807, 2.05) is 0 Å². The minimum atomic E-state index is -0.725. The summed E-state index contributed by atoms with van der Waals surface area (Å²) in [6, 6.07) is 6.62. The Kier molecular flexibility index (Phi) is 4.82. The average molecular weight is 327 g/mol. The molecule has 1 fully saturated rings. The van der Waals surface area contributed by atoms with E-state index in [1.54, 1.807) is 0 Å². The second-order valence-corrected chi connectivity index (χ2v) is 5.82. The van der Waals surface area contributed by atoms with Crippen molar-refractivity contribution in [2.75, 3.05) is 24.5 Å². The summed E-state index contributed by atoms with van der Waals surface area (Å²) < 4.78 is 1.12. The molecule has 0 spiro atoms. The van der Waals surface area contributed by atoms with Crippen molar-refractivity contribution in [3.63, 3.8) is 0 Å². The van der Waals surface area contributed by atoms with E-state index in [2.05, 4.69) is 51.3 Å². The highest BCUT2D eigenvalue weighted by Gasteiger charge is 2.20. The number of hydrogen-bond donors (Lipinski definition) is 2. The van der Waals surface area contributed by atoms with Crippen molar-refractivity contribution >= 4 is 27.6 Å². The first-order valence-electron chi connectivity index (χ1n) is 6.52. The minimum absolute atomic E-state index is 0.225. The molecule has 0 radical (unpaired) electrons. The molecular formula is C14H19BrN2O2. The highest BCUT2D eigenvalue weighted by molar-refractivity contribution is 9.10. The molecule has 1 aromatic rings. The largest absolute Gasteiger partial charge is 0.481 e. The van der Waals surface area contributed by atoms with Gasteiger partial charge in [-0.3, -0.25) is 4.79 Å². The molecule has 1 atom stereocenters. The molecule has 0 saturated carbocycles. The topological polar surface area (TPSA) is 52.6 Å². The molecule has 2 rings (SSSR count). The quantitative estimate of drug-likeness (QED) is 0.892. The van der Waals surface area contributed by atoms with E-state index in [9.17, 15) is 4.79 Å². The van der Waals surface area contributed by atoms with Gasteiger partial charge in [0.05, 0.1) is 0 Å². The number of nitrogens with zero attached hydrogens (tertiary/aromatic N) is 1. The molecule has 1 unspecified atom stereocenters. The summed E-state index contributed by atoms with van der Waals surface area (Å²) in [5.74, 6) is -0.725. The second kappa shape index (κ2) is 6.39. The molecule has 2 N–H and O–H groups in total. The van der Waals surface area contributed by atoms with Crippen LogP contribution in [0.1, 0.15) is 18.4 Å². The number of rotatable bonds is 4. The molecule has 0 aromatic heterocycles. The third kappa shape index (κ3) is 3.94. The van der Waals surface area contributed by atoms with Crippen LogP contribution in [0.2, 0.25) is 0 Å². The molecule has 5 heteroatoms. The summed E-state index contributed by atoms with van der Waals surface area (Å²) in [5.41, 5.74) is 2.42. The van der Waals surface area contributed by atoms with E-state index in [1.165, 1.54) is 11.3 Å². The zero-order valence-electron chi connectivity index (χ0n) is 11.0. The number of carbonyl (C=O) groups is 1. The normalized spacial score (nSPS) is 19.5. The zero-order chi connectivity index (χ0) is 13.8. The van der Waals surface area contributed by atoms with Gasteiger partial charge in [0.2, 0.25) is 0 Å². The molecule has 1 saturated heterocycles. The summed E-state index contributed by atoms with van der Waals surface area (Å²) in [4.78, 5) is 12.9. The maximum atomic E-state index is 10.6. The van der Waals surface area contributed by atoms with E-state index in [-0.39, 0.29) is 12.5 Å². The first-order chi connectivity index (χ1) is 9.06. The molecule has 0 aliphatic carbocycles. The molecular weight excluding hydrogens is 308 g/mol. The van der Waals surface area contributed by atoms with Crippen LogP contribution in [-0.2, 0) is 4.79 Å². The number of nitrogens with one attached hydrogen (secondary N) is 1. The van der Waals surface area contributed by atoms with Crippen LogP contribution in [0.4, 0.5) is 5.69 Å². The van der Waals surface area contributed by atoms with Gasteiger partial charge in [-0.05, 0) is 31.0 Å². The number of hydrogen-bond acceptors (Lipinski definition) is 3. The Labute approximate surface area is 121 Å². The third-order valence-electron chi connectivity index (χ3n) is 3.48.